The Labute approximate surface area is 318 Å². The van der Waals surface area contributed by atoms with Crippen molar-refractivity contribution in [3.63, 3.8) is 0 Å². The van der Waals surface area contributed by atoms with Crippen molar-refractivity contribution in [3.05, 3.63) is 212 Å². The van der Waals surface area contributed by atoms with Crippen molar-refractivity contribution in [1.29, 1.82) is 0 Å². The van der Waals surface area contributed by atoms with Crippen LogP contribution in [0.3, 0.4) is 0 Å². The van der Waals surface area contributed by atoms with Crippen LogP contribution in [0.15, 0.2) is 212 Å². The third kappa shape index (κ3) is 5.61. The summed E-state index contributed by atoms with van der Waals surface area (Å²) >= 11 is 0. The van der Waals surface area contributed by atoms with E-state index in [1.54, 1.807) is 0 Å². The first-order valence-electron chi connectivity index (χ1n) is 18.6. The molecule has 3 nitrogen and oxygen atoms in total. The highest BCUT2D eigenvalue weighted by atomic mass is 28.2. The SMILES string of the molecule is c1ccc(-c2ccc(N(c3ccc(-c4ccccc4)cc3)c3ccc4c(c3)N(c3ccccc3)c3c(c5ccccc5n3-c3ccccc3)[SiH2]4)cc2)cc1. The Morgan fingerprint density at radius 1 is 0.389 bits per heavy atom. The maximum absolute atomic E-state index is 2.51. The molecule has 0 atom stereocenters. The van der Waals surface area contributed by atoms with Gasteiger partial charge in [0.1, 0.15) is 5.82 Å². The number of fused-ring (bicyclic) bond motifs is 4. The van der Waals surface area contributed by atoms with Crippen LogP contribution in [0.5, 0.6) is 0 Å². The topological polar surface area (TPSA) is 11.4 Å². The van der Waals surface area contributed by atoms with Crippen molar-refractivity contribution in [3.8, 4) is 27.9 Å². The van der Waals surface area contributed by atoms with Gasteiger partial charge in [-0.15, -0.1) is 0 Å². The molecule has 0 radical (unpaired) electrons. The quantitative estimate of drug-likeness (QED) is 0.153. The summed E-state index contributed by atoms with van der Waals surface area (Å²) in [7, 11) is -0.855. The van der Waals surface area contributed by atoms with Crippen LogP contribution in [-0.4, -0.2) is 14.1 Å². The van der Waals surface area contributed by atoms with Crippen molar-refractivity contribution < 1.29 is 0 Å². The first-order chi connectivity index (χ1) is 26.8. The predicted octanol–water partition coefficient (Wildman–Crippen LogP) is 11.3. The smallest absolute Gasteiger partial charge is 0.122 e. The van der Waals surface area contributed by atoms with Crippen LogP contribution in [0.4, 0.5) is 34.3 Å². The van der Waals surface area contributed by atoms with E-state index in [4.69, 9.17) is 0 Å². The van der Waals surface area contributed by atoms with Crippen molar-refractivity contribution in [2.24, 2.45) is 0 Å². The van der Waals surface area contributed by atoms with Crippen LogP contribution in [0.2, 0.25) is 0 Å². The fraction of sp³-hybridized carbons (Fsp3) is 0. The van der Waals surface area contributed by atoms with Crippen LogP contribution in [-0.2, 0) is 0 Å². The molecule has 0 bridgehead atoms. The summed E-state index contributed by atoms with van der Waals surface area (Å²) < 4.78 is 2.47. The van der Waals surface area contributed by atoms with Gasteiger partial charge in [-0.25, -0.2) is 0 Å². The Hall–Kier alpha value is -6.88. The molecule has 0 amide bonds. The minimum absolute atomic E-state index is 0.855. The zero-order valence-corrected chi connectivity index (χ0v) is 31.2. The van der Waals surface area contributed by atoms with E-state index in [0.717, 1.165) is 22.7 Å². The molecule has 0 saturated heterocycles. The van der Waals surface area contributed by atoms with E-state index >= 15 is 0 Å². The minimum atomic E-state index is -0.855. The lowest BCUT2D eigenvalue weighted by atomic mass is 10.0. The molecule has 0 fully saturated rings. The van der Waals surface area contributed by atoms with E-state index < -0.39 is 9.52 Å². The van der Waals surface area contributed by atoms with E-state index in [0.29, 0.717) is 0 Å². The number of nitrogens with zero attached hydrogens (tertiary/aromatic N) is 3. The maximum Gasteiger partial charge on any atom is 0.122 e. The monoisotopic (exact) mass is 707 g/mol. The van der Waals surface area contributed by atoms with Gasteiger partial charge in [0, 0.05) is 39.5 Å². The molecule has 2 heterocycles. The van der Waals surface area contributed by atoms with E-state index in [9.17, 15) is 0 Å². The molecule has 0 unspecified atom stereocenters. The Morgan fingerprint density at radius 3 is 1.43 bits per heavy atom. The number of aromatic nitrogens is 1. The summed E-state index contributed by atoms with van der Waals surface area (Å²) in [4.78, 5) is 4.91. The lowest BCUT2D eigenvalue weighted by molar-refractivity contribution is 1.08. The maximum atomic E-state index is 2.51. The number of benzene rings is 8. The van der Waals surface area contributed by atoms with Crippen molar-refractivity contribution >= 4 is 65.1 Å². The largest absolute Gasteiger partial charge is 0.310 e. The molecule has 256 valence electrons. The number of para-hydroxylation sites is 3. The van der Waals surface area contributed by atoms with Gasteiger partial charge < -0.3 is 4.90 Å². The molecule has 1 aliphatic heterocycles. The highest BCUT2D eigenvalue weighted by Gasteiger charge is 2.32. The first kappa shape index (κ1) is 31.8. The lowest BCUT2D eigenvalue weighted by Gasteiger charge is -2.35. The molecule has 9 aromatic rings. The molecule has 0 saturated carbocycles. The molecule has 0 aliphatic carbocycles. The zero-order valence-electron chi connectivity index (χ0n) is 29.8. The van der Waals surface area contributed by atoms with Crippen molar-refractivity contribution in [1.82, 2.24) is 4.57 Å². The average Bonchev–Trinajstić information content (AvgIpc) is 3.58. The number of anilines is 6. The highest BCUT2D eigenvalue weighted by Crippen LogP contribution is 2.43. The lowest BCUT2D eigenvalue weighted by Crippen LogP contribution is -2.40. The fourth-order valence-electron chi connectivity index (χ4n) is 8.05. The van der Waals surface area contributed by atoms with Gasteiger partial charge in [0.25, 0.3) is 0 Å². The van der Waals surface area contributed by atoms with Gasteiger partial charge in [-0.3, -0.25) is 9.47 Å². The van der Waals surface area contributed by atoms with Gasteiger partial charge in [-0.2, -0.15) is 0 Å². The molecule has 1 aromatic heterocycles. The molecular formula is C50H37N3Si. The van der Waals surface area contributed by atoms with Gasteiger partial charge in [0.05, 0.1) is 15.0 Å². The second-order valence-electron chi connectivity index (χ2n) is 13.8. The Balaban J connectivity index is 1.16. The summed E-state index contributed by atoms with van der Waals surface area (Å²) in [6, 6.07) is 76.9. The minimum Gasteiger partial charge on any atom is -0.310 e. The summed E-state index contributed by atoms with van der Waals surface area (Å²) in [6.07, 6.45) is 0. The zero-order chi connectivity index (χ0) is 35.8. The first-order valence-corrected chi connectivity index (χ1v) is 20.0. The van der Waals surface area contributed by atoms with Gasteiger partial charge in [0.2, 0.25) is 0 Å². The summed E-state index contributed by atoms with van der Waals surface area (Å²) in [5.41, 5.74) is 13.0. The average molecular weight is 708 g/mol. The van der Waals surface area contributed by atoms with Gasteiger partial charge in [-0.05, 0) is 99.4 Å². The summed E-state index contributed by atoms with van der Waals surface area (Å²) in [5.74, 6) is 1.25. The van der Waals surface area contributed by atoms with Crippen molar-refractivity contribution in [2.75, 3.05) is 9.80 Å². The van der Waals surface area contributed by atoms with Gasteiger partial charge in [0.15, 0.2) is 0 Å². The van der Waals surface area contributed by atoms with Gasteiger partial charge in [-0.1, -0.05) is 146 Å². The highest BCUT2D eigenvalue weighted by molar-refractivity contribution is 6.74. The number of hydrogen-bond donors (Lipinski definition) is 0. The van der Waals surface area contributed by atoms with Crippen LogP contribution in [0.25, 0.3) is 38.8 Å². The Kier molecular flexibility index (Phi) is 8.01. The fourth-order valence-corrected chi connectivity index (χ4v) is 10.1. The van der Waals surface area contributed by atoms with Crippen LogP contribution >= 0.6 is 0 Å². The third-order valence-electron chi connectivity index (χ3n) is 10.6. The summed E-state index contributed by atoms with van der Waals surface area (Å²) in [5, 5.41) is 4.26. The molecular weight excluding hydrogens is 671 g/mol. The molecule has 54 heavy (non-hydrogen) atoms. The van der Waals surface area contributed by atoms with Crippen LogP contribution in [0, 0.1) is 0 Å². The standard InChI is InChI=1S/C50H37N3Si/c1-5-15-36(16-6-1)38-25-29-42(30-26-38)51(43-31-27-39(28-32-43)37-17-7-2-8-18-37)44-33-34-48-47(35-44)53(41-21-11-4-12-22-41)50-49(54-48)45-23-13-14-24-46(45)52(50)40-19-9-3-10-20-40/h1-35H,54H2. The predicted molar refractivity (Wildman–Crippen MR) is 231 cm³/mol. The molecule has 1 aliphatic rings. The van der Waals surface area contributed by atoms with E-state index in [1.165, 1.54) is 60.7 Å². The molecule has 8 aromatic carbocycles. The number of rotatable bonds is 7. The third-order valence-corrected chi connectivity index (χ3v) is 12.6. The molecule has 0 spiro atoms. The molecule has 4 heteroatoms. The Bertz CT molecular complexity index is 2620. The molecule has 10 rings (SSSR count). The van der Waals surface area contributed by atoms with Crippen LogP contribution in [0.1, 0.15) is 0 Å². The second kappa shape index (κ2) is 13.6. The van der Waals surface area contributed by atoms with Crippen molar-refractivity contribution in [2.45, 2.75) is 0 Å². The van der Waals surface area contributed by atoms with E-state index in [1.807, 2.05) is 0 Å². The summed E-state index contributed by atoms with van der Waals surface area (Å²) in [6.45, 7) is 0. The van der Waals surface area contributed by atoms with E-state index in [-0.39, 0.29) is 0 Å². The van der Waals surface area contributed by atoms with Crippen LogP contribution < -0.4 is 20.2 Å². The Morgan fingerprint density at radius 2 is 0.852 bits per heavy atom. The van der Waals surface area contributed by atoms with Gasteiger partial charge >= 0.3 is 0 Å². The second-order valence-corrected chi connectivity index (χ2v) is 15.6. The van der Waals surface area contributed by atoms with E-state index in [2.05, 4.69) is 227 Å². The number of hydrogen-bond acceptors (Lipinski definition) is 2. The normalized spacial score (nSPS) is 12.4. The molecule has 0 N–H and O–H groups in total.